The van der Waals surface area contributed by atoms with Crippen LogP contribution in [0.5, 0.6) is 0 Å². The van der Waals surface area contributed by atoms with Gasteiger partial charge in [-0.3, -0.25) is 0 Å². The lowest BCUT2D eigenvalue weighted by Gasteiger charge is -2.04. The zero-order valence-electron chi connectivity index (χ0n) is 7.96. The molecule has 0 atom stereocenters. The van der Waals surface area contributed by atoms with E-state index in [1.165, 1.54) is 13.0 Å². The first-order chi connectivity index (χ1) is 7.40. The first-order valence-electron chi connectivity index (χ1n) is 4.05. The maximum absolute atomic E-state index is 12.4. The maximum atomic E-state index is 12.4. The number of aromatic nitrogens is 1. The minimum atomic E-state index is -4.77. The third kappa shape index (κ3) is 2.49. The highest BCUT2D eigenvalue weighted by Crippen LogP contribution is 2.34. The number of ether oxygens (including phenoxy) is 1. The molecule has 0 saturated heterocycles. The molecule has 1 aromatic rings. The Morgan fingerprint density at radius 1 is 1.62 bits per heavy atom. The number of esters is 1. The first-order valence-corrected chi connectivity index (χ1v) is 4.87. The summed E-state index contributed by atoms with van der Waals surface area (Å²) in [5.74, 6) is -1.12. The lowest BCUT2D eigenvalue weighted by Crippen LogP contribution is -2.13. The van der Waals surface area contributed by atoms with E-state index in [0.29, 0.717) is 11.3 Å². The quantitative estimate of drug-likeness (QED) is 0.755. The second-order valence-electron chi connectivity index (χ2n) is 2.53. The van der Waals surface area contributed by atoms with Gasteiger partial charge in [-0.15, -0.1) is 0 Å². The second-order valence-corrected chi connectivity index (χ2v) is 3.53. The number of thiazole rings is 1. The van der Waals surface area contributed by atoms with Crippen LogP contribution in [0.4, 0.5) is 13.2 Å². The molecule has 0 unspecified atom stereocenters. The van der Waals surface area contributed by atoms with Gasteiger partial charge in [0.1, 0.15) is 10.9 Å². The summed E-state index contributed by atoms with van der Waals surface area (Å²) < 4.78 is 41.7. The van der Waals surface area contributed by atoms with Gasteiger partial charge in [-0.25, -0.2) is 9.78 Å². The molecule has 0 spiro atoms. The zero-order valence-corrected chi connectivity index (χ0v) is 8.78. The van der Waals surface area contributed by atoms with Gasteiger partial charge >= 0.3 is 12.1 Å². The monoisotopic (exact) mass is 250 g/mol. The summed E-state index contributed by atoms with van der Waals surface area (Å²) in [5, 5.41) is 8.01. The van der Waals surface area contributed by atoms with Crippen LogP contribution in [0.2, 0.25) is 0 Å². The standard InChI is InChI=1S/C8H5F3N2O2S/c1-2-15-7(14)5-6(8(9,10)11)13-4(3-12)16-5/h2H2,1H3. The molecule has 86 valence electrons. The van der Waals surface area contributed by atoms with E-state index in [0.717, 1.165) is 0 Å². The van der Waals surface area contributed by atoms with Crippen molar-refractivity contribution in [2.24, 2.45) is 0 Å². The fraction of sp³-hybridized carbons (Fsp3) is 0.375. The van der Waals surface area contributed by atoms with Crippen molar-refractivity contribution in [3.05, 3.63) is 15.6 Å². The van der Waals surface area contributed by atoms with Crippen LogP contribution >= 0.6 is 11.3 Å². The smallest absolute Gasteiger partial charge is 0.435 e. The molecule has 0 N–H and O–H groups in total. The van der Waals surface area contributed by atoms with Crippen LogP contribution < -0.4 is 0 Å². The topological polar surface area (TPSA) is 63.0 Å². The summed E-state index contributed by atoms with van der Waals surface area (Å²) in [6.45, 7) is 1.42. The average Bonchev–Trinajstić information content (AvgIpc) is 2.61. The van der Waals surface area contributed by atoms with Gasteiger partial charge in [0.15, 0.2) is 10.7 Å². The molecular weight excluding hydrogens is 245 g/mol. The van der Waals surface area contributed by atoms with E-state index in [1.54, 1.807) is 0 Å². The predicted molar refractivity (Wildman–Crippen MR) is 47.8 cm³/mol. The zero-order chi connectivity index (χ0) is 12.3. The van der Waals surface area contributed by atoms with Crippen LogP contribution in [0.1, 0.15) is 27.3 Å². The van der Waals surface area contributed by atoms with E-state index in [4.69, 9.17) is 5.26 Å². The lowest BCUT2D eigenvalue weighted by atomic mass is 10.3. The SMILES string of the molecule is CCOC(=O)c1sc(C#N)nc1C(F)(F)F. The largest absolute Gasteiger partial charge is 0.462 e. The normalized spacial score (nSPS) is 10.9. The molecule has 1 rings (SSSR count). The second kappa shape index (κ2) is 4.49. The lowest BCUT2D eigenvalue weighted by molar-refractivity contribution is -0.141. The number of hydrogen-bond acceptors (Lipinski definition) is 5. The molecule has 0 fully saturated rings. The van der Waals surface area contributed by atoms with Crippen molar-refractivity contribution >= 4 is 17.3 Å². The van der Waals surface area contributed by atoms with E-state index < -0.39 is 27.7 Å². The third-order valence-corrected chi connectivity index (χ3v) is 2.39. The molecule has 1 heterocycles. The molecule has 1 aromatic heterocycles. The Morgan fingerprint density at radius 2 is 2.25 bits per heavy atom. The summed E-state index contributed by atoms with van der Waals surface area (Å²) in [4.78, 5) is 13.5. The fourth-order valence-electron chi connectivity index (χ4n) is 0.895. The Hall–Kier alpha value is -1.62. The van der Waals surface area contributed by atoms with Gasteiger partial charge in [-0.2, -0.15) is 18.4 Å². The molecule has 0 saturated carbocycles. The molecule has 0 aliphatic carbocycles. The molecular formula is C8H5F3N2O2S. The van der Waals surface area contributed by atoms with Crippen LogP contribution in [0.15, 0.2) is 0 Å². The number of rotatable bonds is 2. The van der Waals surface area contributed by atoms with Crippen molar-refractivity contribution in [3.63, 3.8) is 0 Å². The van der Waals surface area contributed by atoms with Crippen molar-refractivity contribution in [3.8, 4) is 6.07 Å². The Labute approximate surface area is 92.3 Å². The molecule has 0 aliphatic rings. The molecule has 0 aromatic carbocycles. The molecule has 0 bridgehead atoms. The number of nitrogens with zero attached hydrogens (tertiary/aromatic N) is 2. The minimum absolute atomic E-state index is 0.0457. The number of halogens is 3. The van der Waals surface area contributed by atoms with Gasteiger partial charge in [0.2, 0.25) is 0 Å². The van der Waals surface area contributed by atoms with Crippen molar-refractivity contribution in [2.45, 2.75) is 13.1 Å². The molecule has 16 heavy (non-hydrogen) atoms. The minimum Gasteiger partial charge on any atom is -0.462 e. The van der Waals surface area contributed by atoms with Gasteiger partial charge in [-0.05, 0) is 6.92 Å². The highest BCUT2D eigenvalue weighted by atomic mass is 32.1. The van der Waals surface area contributed by atoms with E-state index in [9.17, 15) is 18.0 Å². The van der Waals surface area contributed by atoms with E-state index in [2.05, 4.69) is 9.72 Å². The Balaban J connectivity index is 3.22. The average molecular weight is 250 g/mol. The summed E-state index contributed by atoms with van der Waals surface area (Å²) in [6.07, 6.45) is -4.77. The van der Waals surface area contributed by atoms with Gasteiger partial charge < -0.3 is 4.74 Å². The number of hydrogen-bond donors (Lipinski definition) is 0. The van der Waals surface area contributed by atoms with Crippen LogP contribution in [0.3, 0.4) is 0 Å². The summed E-state index contributed by atoms with van der Waals surface area (Å²) in [6, 6.07) is 1.46. The van der Waals surface area contributed by atoms with E-state index in [1.807, 2.05) is 0 Å². The van der Waals surface area contributed by atoms with Crippen LogP contribution in [-0.4, -0.2) is 17.6 Å². The van der Waals surface area contributed by atoms with Crippen LogP contribution in [-0.2, 0) is 10.9 Å². The Kier molecular flexibility index (Phi) is 3.49. The summed E-state index contributed by atoms with van der Waals surface area (Å²) in [7, 11) is 0. The van der Waals surface area contributed by atoms with Crippen molar-refractivity contribution in [1.29, 1.82) is 5.26 Å². The predicted octanol–water partition coefficient (Wildman–Crippen LogP) is 2.21. The molecule has 4 nitrogen and oxygen atoms in total. The maximum Gasteiger partial charge on any atom is 0.435 e. The number of carbonyl (C=O) groups is 1. The van der Waals surface area contributed by atoms with Crippen molar-refractivity contribution in [1.82, 2.24) is 4.98 Å². The van der Waals surface area contributed by atoms with Gasteiger partial charge in [-0.1, -0.05) is 11.3 Å². The third-order valence-electron chi connectivity index (χ3n) is 1.45. The number of nitriles is 1. The summed E-state index contributed by atoms with van der Waals surface area (Å²) >= 11 is 0.368. The van der Waals surface area contributed by atoms with Gasteiger partial charge in [0.25, 0.3) is 0 Å². The summed E-state index contributed by atoms with van der Waals surface area (Å²) in [5.41, 5.74) is -1.37. The number of alkyl halides is 3. The van der Waals surface area contributed by atoms with E-state index in [-0.39, 0.29) is 6.61 Å². The van der Waals surface area contributed by atoms with Crippen LogP contribution in [0.25, 0.3) is 0 Å². The first kappa shape index (κ1) is 12.4. The van der Waals surface area contributed by atoms with E-state index >= 15 is 0 Å². The molecule has 8 heteroatoms. The molecule has 0 amide bonds. The molecule has 0 aliphatic heterocycles. The Bertz CT molecular complexity index is 447. The van der Waals surface area contributed by atoms with Crippen LogP contribution in [0, 0.1) is 11.3 Å². The Morgan fingerprint density at radius 3 is 2.69 bits per heavy atom. The van der Waals surface area contributed by atoms with Crippen molar-refractivity contribution in [2.75, 3.05) is 6.61 Å². The van der Waals surface area contributed by atoms with Gasteiger partial charge in [0, 0.05) is 0 Å². The highest BCUT2D eigenvalue weighted by molar-refractivity contribution is 7.14. The molecule has 0 radical (unpaired) electrons. The highest BCUT2D eigenvalue weighted by Gasteiger charge is 2.40. The van der Waals surface area contributed by atoms with Gasteiger partial charge in [0.05, 0.1) is 6.61 Å². The van der Waals surface area contributed by atoms with Crippen molar-refractivity contribution < 1.29 is 22.7 Å². The fourth-order valence-corrected chi connectivity index (χ4v) is 1.67. The number of carbonyl (C=O) groups excluding carboxylic acids is 1.